The van der Waals surface area contributed by atoms with E-state index >= 15 is 0 Å². The van der Waals surface area contributed by atoms with E-state index in [1.165, 1.54) is 0 Å². The average Bonchev–Trinajstić information content (AvgIpc) is 3.02. The number of amides is 2. The van der Waals surface area contributed by atoms with Gasteiger partial charge in [0.1, 0.15) is 5.75 Å². The smallest absolute Gasteiger partial charge is 0.255 e. The maximum Gasteiger partial charge on any atom is 0.255 e. The summed E-state index contributed by atoms with van der Waals surface area (Å²) in [6.45, 7) is 7.09. The van der Waals surface area contributed by atoms with E-state index in [9.17, 15) is 9.59 Å². The zero-order chi connectivity index (χ0) is 18.3. The molecule has 0 radical (unpaired) electrons. The molecule has 3 N–H and O–H groups in total. The number of hydrogen-bond acceptors (Lipinski definition) is 4. The van der Waals surface area contributed by atoms with Crippen LogP contribution in [0.1, 0.15) is 43.5 Å². The van der Waals surface area contributed by atoms with E-state index in [-0.39, 0.29) is 17.2 Å². The molecule has 2 amide bonds. The normalized spacial score (nSPS) is 19.7. The molecule has 0 saturated carbocycles. The lowest BCUT2D eigenvalue weighted by molar-refractivity contribution is -0.130. The summed E-state index contributed by atoms with van der Waals surface area (Å²) in [7, 11) is 0. The van der Waals surface area contributed by atoms with Gasteiger partial charge >= 0.3 is 0 Å². The number of carbonyl (C=O) groups excluding carboxylic acids is 2. The number of benzene rings is 1. The van der Waals surface area contributed by atoms with Crippen LogP contribution in [-0.4, -0.2) is 49.5 Å². The number of nitrogens with two attached hydrogens (primary N) is 1. The standard InChI is InChI=1S/C19H29N3O3/c1-3-25-16-8-5-4-7-15(16)18(24)21-11-6-9-17(23)22-12-10-19(2,13-20)14-22/h4-5,7-8H,3,6,9-14,20H2,1-2H3,(H,21,24). The first-order valence-corrected chi connectivity index (χ1v) is 8.97. The van der Waals surface area contributed by atoms with Crippen LogP contribution in [0.2, 0.25) is 0 Å². The van der Waals surface area contributed by atoms with Crippen LogP contribution in [0.4, 0.5) is 0 Å². The summed E-state index contributed by atoms with van der Waals surface area (Å²) in [6, 6.07) is 7.17. The van der Waals surface area contributed by atoms with Crippen LogP contribution in [0.15, 0.2) is 24.3 Å². The summed E-state index contributed by atoms with van der Waals surface area (Å²) in [5, 5.41) is 2.86. The number of likely N-dealkylation sites (tertiary alicyclic amines) is 1. The average molecular weight is 347 g/mol. The minimum absolute atomic E-state index is 0.0485. The van der Waals surface area contributed by atoms with Crippen molar-refractivity contribution < 1.29 is 14.3 Å². The van der Waals surface area contributed by atoms with Gasteiger partial charge in [-0.2, -0.15) is 0 Å². The molecule has 25 heavy (non-hydrogen) atoms. The fraction of sp³-hybridized carbons (Fsp3) is 0.579. The molecule has 6 heteroatoms. The Labute approximate surface area is 149 Å². The van der Waals surface area contributed by atoms with Gasteiger partial charge in [-0.3, -0.25) is 9.59 Å². The van der Waals surface area contributed by atoms with Gasteiger partial charge in [0, 0.05) is 26.1 Å². The number of rotatable bonds is 8. The van der Waals surface area contributed by atoms with Crippen LogP contribution in [0.5, 0.6) is 5.75 Å². The maximum atomic E-state index is 12.3. The largest absolute Gasteiger partial charge is 0.493 e. The van der Waals surface area contributed by atoms with E-state index in [0.717, 1.165) is 19.5 Å². The monoisotopic (exact) mass is 347 g/mol. The van der Waals surface area contributed by atoms with E-state index in [2.05, 4.69) is 12.2 Å². The Morgan fingerprint density at radius 2 is 2.12 bits per heavy atom. The molecular weight excluding hydrogens is 318 g/mol. The predicted octanol–water partition coefficient (Wildman–Crippen LogP) is 1.79. The molecule has 0 aromatic heterocycles. The van der Waals surface area contributed by atoms with Gasteiger partial charge < -0.3 is 20.7 Å². The summed E-state index contributed by atoms with van der Waals surface area (Å²) in [4.78, 5) is 26.4. The first-order valence-electron chi connectivity index (χ1n) is 8.97. The Bertz CT molecular complexity index is 605. The highest BCUT2D eigenvalue weighted by atomic mass is 16.5. The fourth-order valence-electron chi connectivity index (χ4n) is 3.03. The van der Waals surface area contributed by atoms with E-state index in [1.54, 1.807) is 12.1 Å². The summed E-state index contributed by atoms with van der Waals surface area (Å²) in [5.41, 5.74) is 6.35. The highest BCUT2D eigenvalue weighted by Crippen LogP contribution is 2.28. The van der Waals surface area contributed by atoms with Gasteiger partial charge in [0.05, 0.1) is 12.2 Å². The second-order valence-electron chi connectivity index (χ2n) is 6.87. The summed E-state index contributed by atoms with van der Waals surface area (Å²) < 4.78 is 5.47. The molecule has 0 spiro atoms. The van der Waals surface area contributed by atoms with Crippen LogP contribution in [-0.2, 0) is 4.79 Å². The van der Waals surface area contributed by atoms with Gasteiger partial charge in [-0.15, -0.1) is 0 Å². The van der Waals surface area contributed by atoms with Crippen LogP contribution in [0, 0.1) is 5.41 Å². The molecule has 6 nitrogen and oxygen atoms in total. The molecule has 1 aromatic carbocycles. The molecule has 1 fully saturated rings. The zero-order valence-corrected chi connectivity index (χ0v) is 15.2. The molecule has 1 aliphatic heterocycles. The number of ether oxygens (including phenoxy) is 1. The quantitative estimate of drug-likeness (QED) is 0.702. The van der Waals surface area contributed by atoms with Crippen LogP contribution in [0.3, 0.4) is 0 Å². The number of hydrogen-bond donors (Lipinski definition) is 2. The first-order chi connectivity index (χ1) is 12.0. The second-order valence-corrected chi connectivity index (χ2v) is 6.87. The summed E-state index contributed by atoms with van der Waals surface area (Å²) in [6.07, 6.45) is 2.02. The fourth-order valence-corrected chi connectivity index (χ4v) is 3.03. The van der Waals surface area contributed by atoms with Crippen molar-refractivity contribution in [1.29, 1.82) is 0 Å². The Morgan fingerprint density at radius 1 is 1.36 bits per heavy atom. The molecule has 0 aliphatic carbocycles. The number of carbonyl (C=O) groups is 2. The topological polar surface area (TPSA) is 84.7 Å². The minimum Gasteiger partial charge on any atom is -0.493 e. The van der Waals surface area contributed by atoms with Gasteiger partial charge in [-0.1, -0.05) is 19.1 Å². The molecule has 2 rings (SSSR count). The Hall–Kier alpha value is -2.08. The van der Waals surface area contributed by atoms with Gasteiger partial charge in [0.15, 0.2) is 0 Å². The van der Waals surface area contributed by atoms with Crippen molar-refractivity contribution in [3.8, 4) is 5.75 Å². The number of nitrogens with one attached hydrogen (secondary N) is 1. The van der Waals surface area contributed by atoms with Crippen molar-refractivity contribution in [2.24, 2.45) is 11.1 Å². The zero-order valence-electron chi connectivity index (χ0n) is 15.2. The molecule has 138 valence electrons. The van der Waals surface area contributed by atoms with Crippen LogP contribution < -0.4 is 15.8 Å². The lowest BCUT2D eigenvalue weighted by Crippen LogP contribution is -2.34. The molecule has 1 atom stereocenters. The maximum absolute atomic E-state index is 12.3. The van der Waals surface area contributed by atoms with Crippen molar-refractivity contribution in [1.82, 2.24) is 10.2 Å². The van der Waals surface area contributed by atoms with Crippen molar-refractivity contribution >= 4 is 11.8 Å². The lowest BCUT2D eigenvalue weighted by Gasteiger charge is -2.22. The lowest BCUT2D eigenvalue weighted by atomic mass is 9.90. The third kappa shape index (κ3) is 5.19. The SMILES string of the molecule is CCOc1ccccc1C(=O)NCCCC(=O)N1CCC(C)(CN)C1. The van der Waals surface area contributed by atoms with Gasteiger partial charge in [-0.05, 0) is 43.9 Å². The molecule has 1 saturated heterocycles. The first kappa shape index (κ1) is 19.2. The van der Waals surface area contributed by atoms with Gasteiger partial charge in [0.2, 0.25) is 5.91 Å². The highest BCUT2D eigenvalue weighted by Gasteiger charge is 2.34. The van der Waals surface area contributed by atoms with Crippen LogP contribution in [0.25, 0.3) is 0 Å². The molecule has 1 heterocycles. The van der Waals surface area contributed by atoms with E-state index < -0.39 is 0 Å². The second kappa shape index (κ2) is 8.85. The van der Waals surface area contributed by atoms with Gasteiger partial charge in [-0.25, -0.2) is 0 Å². The predicted molar refractivity (Wildman–Crippen MR) is 97.5 cm³/mol. The highest BCUT2D eigenvalue weighted by molar-refractivity contribution is 5.96. The summed E-state index contributed by atoms with van der Waals surface area (Å²) >= 11 is 0. The Kier molecular flexibility index (Phi) is 6.82. The molecular formula is C19H29N3O3. The Balaban J connectivity index is 1.74. The Morgan fingerprint density at radius 3 is 2.80 bits per heavy atom. The van der Waals surface area contributed by atoms with Crippen molar-refractivity contribution in [2.45, 2.75) is 33.1 Å². The number of nitrogens with zero attached hydrogens (tertiary/aromatic N) is 1. The van der Waals surface area contributed by atoms with Crippen LogP contribution >= 0.6 is 0 Å². The van der Waals surface area contributed by atoms with Gasteiger partial charge in [0.25, 0.3) is 5.91 Å². The number of para-hydroxylation sites is 1. The third-order valence-corrected chi connectivity index (χ3v) is 4.69. The molecule has 1 aliphatic rings. The van der Waals surface area contributed by atoms with E-state index in [0.29, 0.717) is 43.9 Å². The summed E-state index contributed by atoms with van der Waals surface area (Å²) in [5.74, 6) is 0.547. The van der Waals surface area contributed by atoms with Crippen molar-refractivity contribution in [2.75, 3.05) is 32.8 Å². The van der Waals surface area contributed by atoms with E-state index in [4.69, 9.17) is 10.5 Å². The van der Waals surface area contributed by atoms with Crippen molar-refractivity contribution in [3.63, 3.8) is 0 Å². The van der Waals surface area contributed by atoms with Crippen molar-refractivity contribution in [3.05, 3.63) is 29.8 Å². The van der Waals surface area contributed by atoms with E-state index in [1.807, 2.05) is 24.0 Å². The molecule has 1 unspecified atom stereocenters. The molecule has 0 bridgehead atoms. The third-order valence-electron chi connectivity index (χ3n) is 4.69. The minimum atomic E-state index is -0.173. The molecule has 1 aromatic rings.